The molecule has 0 radical (unpaired) electrons. The molecule has 108 valence electrons. The van der Waals surface area contributed by atoms with Crippen LogP contribution >= 0.6 is 22.9 Å². The molecule has 0 saturated heterocycles. The summed E-state index contributed by atoms with van der Waals surface area (Å²) in [6, 6.07) is 3.82. The largest absolute Gasteiger partial charge is 0.491 e. The van der Waals surface area contributed by atoms with Crippen molar-refractivity contribution in [2.75, 3.05) is 11.3 Å². The Morgan fingerprint density at radius 3 is 2.80 bits per heavy atom. The van der Waals surface area contributed by atoms with E-state index in [9.17, 15) is 12.8 Å². The van der Waals surface area contributed by atoms with E-state index < -0.39 is 15.8 Å². The Balaban J connectivity index is 2.24. The van der Waals surface area contributed by atoms with Gasteiger partial charge in [-0.25, -0.2) is 17.8 Å². The van der Waals surface area contributed by atoms with E-state index in [2.05, 4.69) is 9.71 Å². The number of anilines is 1. The highest BCUT2D eigenvalue weighted by atomic mass is 35.5. The van der Waals surface area contributed by atoms with Crippen molar-refractivity contribution in [3.05, 3.63) is 34.7 Å². The second kappa shape index (κ2) is 5.94. The van der Waals surface area contributed by atoms with Gasteiger partial charge in [-0.05, 0) is 19.1 Å². The molecule has 0 aliphatic carbocycles. The summed E-state index contributed by atoms with van der Waals surface area (Å²) in [5.41, 5.74) is 0.0930. The molecule has 0 unspecified atom stereocenters. The van der Waals surface area contributed by atoms with Crippen molar-refractivity contribution in [3.8, 4) is 5.75 Å². The maximum atomic E-state index is 13.6. The molecule has 0 atom stereocenters. The van der Waals surface area contributed by atoms with Crippen LogP contribution in [0.4, 0.5) is 10.1 Å². The number of hydrogen-bond acceptors (Lipinski definition) is 5. The Kier molecular flexibility index (Phi) is 4.46. The summed E-state index contributed by atoms with van der Waals surface area (Å²) in [7, 11) is -3.82. The fourth-order valence-electron chi connectivity index (χ4n) is 1.41. The zero-order valence-electron chi connectivity index (χ0n) is 10.3. The van der Waals surface area contributed by atoms with E-state index in [0.717, 1.165) is 23.6 Å². The topological polar surface area (TPSA) is 68.3 Å². The minimum Gasteiger partial charge on any atom is -0.491 e. The Bertz CT molecular complexity index is 718. The summed E-state index contributed by atoms with van der Waals surface area (Å²) in [5, 5.41) is 0. The van der Waals surface area contributed by atoms with E-state index >= 15 is 0 Å². The molecule has 0 amide bonds. The third kappa shape index (κ3) is 3.38. The smallest absolute Gasteiger partial charge is 0.273 e. The van der Waals surface area contributed by atoms with Crippen molar-refractivity contribution in [1.82, 2.24) is 4.98 Å². The standard InChI is InChI=1S/C11H10ClFN2O3S2/c1-2-18-9-4-3-7(5-8(9)13)15-20(16,17)10-6-14-11(12)19-10/h3-6,15H,2H2,1H3. The predicted molar refractivity (Wildman–Crippen MR) is 75.5 cm³/mol. The van der Waals surface area contributed by atoms with Crippen molar-refractivity contribution in [3.63, 3.8) is 0 Å². The lowest BCUT2D eigenvalue weighted by atomic mass is 10.3. The average molecular weight is 337 g/mol. The molecule has 0 aliphatic rings. The van der Waals surface area contributed by atoms with Gasteiger partial charge in [-0.3, -0.25) is 4.72 Å². The summed E-state index contributed by atoms with van der Waals surface area (Å²) in [6.07, 6.45) is 1.14. The average Bonchev–Trinajstić information content (AvgIpc) is 2.80. The van der Waals surface area contributed by atoms with E-state index in [1.165, 1.54) is 12.1 Å². The molecule has 9 heteroatoms. The second-order valence-electron chi connectivity index (χ2n) is 3.62. The lowest BCUT2D eigenvalue weighted by Crippen LogP contribution is -2.11. The molecular formula is C11H10ClFN2O3S2. The molecule has 0 bridgehead atoms. The van der Waals surface area contributed by atoms with Crippen LogP contribution in [-0.4, -0.2) is 20.0 Å². The van der Waals surface area contributed by atoms with Gasteiger partial charge in [0.25, 0.3) is 10.0 Å². The first-order valence-corrected chi connectivity index (χ1v) is 8.16. The van der Waals surface area contributed by atoms with Gasteiger partial charge in [-0.2, -0.15) is 0 Å². The van der Waals surface area contributed by atoms with Gasteiger partial charge in [-0.15, -0.1) is 0 Å². The molecular weight excluding hydrogens is 327 g/mol. The van der Waals surface area contributed by atoms with Crippen molar-refractivity contribution in [2.24, 2.45) is 0 Å². The predicted octanol–water partition coefficient (Wildman–Crippen LogP) is 3.14. The number of rotatable bonds is 5. The number of sulfonamides is 1. The van der Waals surface area contributed by atoms with Crippen LogP contribution < -0.4 is 9.46 Å². The molecule has 0 saturated carbocycles. The first-order chi connectivity index (χ1) is 9.42. The van der Waals surface area contributed by atoms with Gasteiger partial charge in [0.1, 0.15) is 0 Å². The molecule has 2 rings (SSSR count). The third-order valence-corrected chi connectivity index (χ3v) is 5.16. The highest BCUT2D eigenvalue weighted by Crippen LogP contribution is 2.26. The van der Waals surface area contributed by atoms with Crippen LogP contribution in [0.5, 0.6) is 5.75 Å². The van der Waals surface area contributed by atoms with Gasteiger partial charge >= 0.3 is 0 Å². The molecule has 1 aromatic carbocycles. The number of thiazole rings is 1. The van der Waals surface area contributed by atoms with Gasteiger partial charge < -0.3 is 4.74 Å². The van der Waals surface area contributed by atoms with E-state index in [-0.39, 0.29) is 20.1 Å². The number of aromatic nitrogens is 1. The Morgan fingerprint density at radius 2 is 2.25 bits per heavy atom. The van der Waals surface area contributed by atoms with Crippen LogP contribution in [0.3, 0.4) is 0 Å². The second-order valence-corrected chi connectivity index (χ2v) is 7.14. The van der Waals surface area contributed by atoms with Crippen LogP contribution in [0.1, 0.15) is 6.92 Å². The van der Waals surface area contributed by atoms with E-state index in [4.69, 9.17) is 16.3 Å². The number of ether oxygens (including phenoxy) is 1. The monoisotopic (exact) mass is 336 g/mol. The molecule has 0 fully saturated rings. The molecule has 0 spiro atoms. The van der Waals surface area contributed by atoms with Crippen molar-refractivity contribution >= 4 is 38.6 Å². The van der Waals surface area contributed by atoms with Crippen LogP contribution in [0.25, 0.3) is 0 Å². The lowest BCUT2D eigenvalue weighted by Gasteiger charge is -2.08. The summed E-state index contributed by atoms with van der Waals surface area (Å²) in [4.78, 5) is 3.65. The normalized spacial score (nSPS) is 11.3. The van der Waals surface area contributed by atoms with E-state index in [0.29, 0.717) is 6.61 Å². The molecule has 20 heavy (non-hydrogen) atoms. The number of halogens is 2. The van der Waals surface area contributed by atoms with Gasteiger partial charge in [0.15, 0.2) is 20.2 Å². The summed E-state index contributed by atoms with van der Waals surface area (Å²) in [6.45, 7) is 2.05. The number of benzene rings is 1. The Hall–Kier alpha value is -1.38. The zero-order valence-corrected chi connectivity index (χ0v) is 12.6. The fourth-order valence-corrected chi connectivity index (χ4v) is 3.75. The minimum absolute atomic E-state index is 0.0446. The van der Waals surface area contributed by atoms with Crippen LogP contribution in [0.15, 0.2) is 28.6 Å². The van der Waals surface area contributed by atoms with E-state index in [1.807, 2.05) is 0 Å². The van der Waals surface area contributed by atoms with E-state index in [1.54, 1.807) is 6.92 Å². The molecule has 5 nitrogen and oxygen atoms in total. The number of hydrogen-bond donors (Lipinski definition) is 1. The summed E-state index contributed by atoms with van der Waals surface area (Å²) < 4.78 is 44.9. The molecule has 1 aromatic heterocycles. The minimum atomic E-state index is -3.82. The van der Waals surface area contributed by atoms with Gasteiger partial charge in [0, 0.05) is 6.07 Å². The van der Waals surface area contributed by atoms with Gasteiger partial charge in [0.05, 0.1) is 18.5 Å². The lowest BCUT2D eigenvalue weighted by molar-refractivity contribution is 0.321. The van der Waals surface area contributed by atoms with Crippen LogP contribution in [0, 0.1) is 5.82 Å². The third-order valence-electron chi connectivity index (χ3n) is 2.21. The van der Waals surface area contributed by atoms with Gasteiger partial charge in [0.2, 0.25) is 0 Å². The quantitative estimate of drug-likeness (QED) is 0.910. The van der Waals surface area contributed by atoms with Crippen molar-refractivity contribution in [1.29, 1.82) is 0 Å². The van der Waals surface area contributed by atoms with Crippen LogP contribution in [0.2, 0.25) is 4.47 Å². The maximum absolute atomic E-state index is 13.6. The summed E-state index contributed by atoms with van der Waals surface area (Å²) in [5.74, 6) is -0.578. The number of nitrogens with one attached hydrogen (secondary N) is 1. The highest BCUT2D eigenvalue weighted by molar-refractivity contribution is 7.94. The Morgan fingerprint density at radius 1 is 1.50 bits per heavy atom. The molecule has 1 heterocycles. The van der Waals surface area contributed by atoms with Gasteiger partial charge in [-0.1, -0.05) is 22.9 Å². The molecule has 2 aromatic rings. The Labute approximate surface area is 124 Å². The zero-order chi connectivity index (χ0) is 14.8. The van der Waals surface area contributed by atoms with Crippen LogP contribution in [-0.2, 0) is 10.0 Å². The fraction of sp³-hybridized carbons (Fsp3) is 0.182. The number of nitrogens with zero attached hydrogens (tertiary/aromatic N) is 1. The maximum Gasteiger partial charge on any atom is 0.273 e. The SMILES string of the molecule is CCOc1ccc(NS(=O)(=O)c2cnc(Cl)s2)cc1F. The molecule has 0 aliphatic heterocycles. The first kappa shape index (κ1) is 15.0. The highest BCUT2D eigenvalue weighted by Gasteiger charge is 2.18. The van der Waals surface area contributed by atoms with Crippen molar-refractivity contribution in [2.45, 2.75) is 11.1 Å². The van der Waals surface area contributed by atoms with Crippen molar-refractivity contribution < 1.29 is 17.5 Å². The summed E-state index contributed by atoms with van der Waals surface area (Å²) >= 11 is 6.40. The first-order valence-electron chi connectivity index (χ1n) is 5.49. The molecule has 1 N–H and O–H groups in total.